The van der Waals surface area contributed by atoms with Crippen molar-refractivity contribution in [2.24, 2.45) is 0 Å². The molecule has 1 heterocycles. The monoisotopic (exact) mass is 492 g/mol. The first-order valence-corrected chi connectivity index (χ1v) is 12.5. The maximum Gasteiger partial charge on any atom is 0.338 e. The molecule has 0 saturated carbocycles. The number of ether oxygens (including phenoxy) is 2. The second-order valence-electron chi connectivity index (χ2n) is 8.33. The van der Waals surface area contributed by atoms with E-state index in [9.17, 15) is 22.4 Å². The molecule has 8 nitrogen and oxygen atoms in total. The summed E-state index contributed by atoms with van der Waals surface area (Å²) in [6, 6.07) is 8.02. The van der Waals surface area contributed by atoms with Gasteiger partial charge in [0, 0.05) is 18.3 Å². The third-order valence-corrected chi connectivity index (χ3v) is 7.86. The van der Waals surface area contributed by atoms with Crippen LogP contribution < -0.4 is 10.1 Å². The molecule has 0 spiro atoms. The molecule has 10 heteroatoms. The van der Waals surface area contributed by atoms with Gasteiger partial charge in [-0.2, -0.15) is 4.31 Å². The number of amides is 1. The summed E-state index contributed by atoms with van der Waals surface area (Å²) in [5.41, 5.74) is 0.622. The van der Waals surface area contributed by atoms with Crippen molar-refractivity contribution in [1.29, 1.82) is 0 Å². The Bertz CT molecular complexity index is 1180. The number of hydrogen-bond donors (Lipinski definition) is 1. The Morgan fingerprint density at radius 3 is 2.56 bits per heavy atom. The first kappa shape index (κ1) is 25.6. The highest BCUT2D eigenvalue weighted by Crippen LogP contribution is 2.32. The fourth-order valence-electron chi connectivity index (χ4n) is 3.76. The summed E-state index contributed by atoms with van der Waals surface area (Å²) in [4.78, 5) is 25.0. The number of nitrogens with one attached hydrogen (secondary N) is 1. The zero-order chi connectivity index (χ0) is 25.0. The summed E-state index contributed by atoms with van der Waals surface area (Å²) < 4.78 is 52.3. The highest BCUT2D eigenvalue weighted by atomic mass is 32.2. The second-order valence-corrected chi connectivity index (χ2v) is 10.2. The Labute approximate surface area is 199 Å². The molecule has 2 aromatic carbocycles. The van der Waals surface area contributed by atoms with Crippen LogP contribution in [0.2, 0.25) is 0 Å². The zero-order valence-electron chi connectivity index (χ0n) is 19.6. The van der Waals surface area contributed by atoms with E-state index >= 15 is 0 Å². The third-order valence-electron chi connectivity index (χ3n) is 5.82. The van der Waals surface area contributed by atoms with E-state index in [0.29, 0.717) is 12.1 Å². The van der Waals surface area contributed by atoms with Gasteiger partial charge in [0.05, 0.1) is 12.7 Å². The predicted octanol–water partition coefficient (Wildman–Crippen LogP) is 3.89. The number of anilines is 1. The van der Waals surface area contributed by atoms with E-state index in [1.807, 2.05) is 6.92 Å². The van der Waals surface area contributed by atoms with E-state index in [1.165, 1.54) is 54.7 Å². The maximum absolute atomic E-state index is 13.7. The average Bonchev–Trinajstić information content (AvgIpc) is 2.81. The number of esters is 1. The number of carbonyl (C=O) groups is 2. The number of halogens is 1. The Hall–Kier alpha value is -2.98. The quantitative estimate of drug-likeness (QED) is 0.589. The zero-order valence-corrected chi connectivity index (χ0v) is 20.4. The molecule has 0 aliphatic carbocycles. The standard InChI is InChI=1S/C24H29FN2O6S/c1-15-8-10-19(14-20(15)25)26-23(28)17(3)33-24(29)18-9-11-21(32-4)22(13-18)34(30,31)27-12-6-5-7-16(27)2/h8-11,13-14,16-17H,5-7,12H2,1-4H3,(H,26,28)/t16-,17+/m1/s1. The summed E-state index contributed by atoms with van der Waals surface area (Å²) in [6.45, 7) is 5.20. The molecule has 0 radical (unpaired) electrons. The van der Waals surface area contributed by atoms with Gasteiger partial charge < -0.3 is 14.8 Å². The van der Waals surface area contributed by atoms with Gasteiger partial charge in [0.2, 0.25) is 10.0 Å². The lowest BCUT2D eigenvalue weighted by Gasteiger charge is -2.32. The van der Waals surface area contributed by atoms with Crippen molar-refractivity contribution < 1.29 is 31.9 Å². The molecule has 2 atom stereocenters. The topological polar surface area (TPSA) is 102 Å². The first-order chi connectivity index (χ1) is 16.0. The number of benzene rings is 2. The summed E-state index contributed by atoms with van der Waals surface area (Å²) in [6.07, 6.45) is 1.25. The number of sulfonamides is 1. The van der Waals surface area contributed by atoms with Crippen LogP contribution in [0.1, 0.15) is 49.0 Å². The molecule has 1 saturated heterocycles. The predicted molar refractivity (Wildman–Crippen MR) is 125 cm³/mol. The minimum atomic E-state index is -3.92. The highest BCUT2D eigenvalue weighted by Gasteiger charge is 2.34. The lowest BCUT2D eigenvalue weighted by molar-refractivity contribution is -0.123. The number of nitrogens with zero attached hydrogens (tertiary/aromatic N) is 1. The number of rotatable bonds is 7. The summed E-state index contributed by atoms with van der Waals surface area (Å²) in [5.74, 6) is -1.89. The molecule has 34 heavy (non-hydrogen) atoms. The van der Waals surface area contributed by atoms with E-state index in [-0.39, 0.29) is 27.9 Å². The van der Waals surface area contributed by atoms with Gasteiger partial charge in [-0.1, -0.05) is 12.5 Å². The second kappa shape index (κ2) is 10.5. The minimum absolute atomic E-state index is 0.0370. The van der Waals surface area contributed by atoms with Crippen molar-refractivity contribution in [3.63, 3.8) is 0 Å². The van der Waals surface area contributed by atoms with Crippen molar-refractivity contribution in [3.8, 4) is 5.75 Å². The molecule has 3 rings (SSSR count). The average molecular weight is 493 g/mol. The van der Waals surface area contributed by atoms with Crippen molar-refractivity contribution >= 4 is 27.6 Å². The molecule has 0 aromatic heterocycles. The van der Waals surface area contributed by atoms with Crippen LogP contribution in [0.3, 0.4) is 0 Å². The molecular weight excluding hydrogens is 463 g/mol. The molecule has 2 aromatic rings. The summed E-state index contributed by atoms with van der Waals surface area (Å²) in [7, 11) is -2.56. The highest BCUT2D eigenvalue weighted by molar-refractivity contribution is 7.89. The Morgan fingerprint density at radius 2 is 1.91 bits per heavy atom. The molecule has 1 N–H and O–H groups in total. The number of hydrogen-bond acceptors (Lipinski definition) is 6. The van der Waals surface area contributed by atoms with Crippen LogP contribution in [0.4, 0.5) is 10.1 Å². The van der Waals surface area contributed by atoms with Gasteiger partial charge in [0.1, 0.15) is 16.5 Å². The fraction of sp³-hybridized carbons (Fsp3) is 0.417. The fourth-order valence-corrected chi connectivity index (χ4v) is 5.64. The van der Waals surface area contributed by atoms with E-state index in [1.54, 1.807) is 6.92 Å². The van der Waals surface area contributed by atoms with Gasteiger partial charge in [-0.15, -0.1) is 0 Å². The van der Waals surface area contributed by atoms with Crippen LogP contribution in [-0.2, 0) is 19.6 Å². The summed E-state index contributed by atoms with van der Waals surface area (Å²) >= 11 is 0. The van der Waals surface area contributed by atoms with Gasteiger partial charge in [-0.3, -0.25) is 4.79 Å². The molecule has 1 aliphatic heterocycles. The summed E-state index contributed by atoms with van der Waals surface area (Å²) in [5, 5.41) is 2.49. The number of piperidine rings is 1. The van der Waals surface area contributed by atoms with Gasteiger partial charge >= 0.3 is 5.97 Å². The van der Waals surface area contributed by atoms with Gasteiger partial charge in [0.25, 0.3) is 5.91 Å². The number of aryl methyl sites for hydroxylation is 1. The van der Waals surface area contributed by atoms with Gasteiger partial charge in [0.15, 0.2) is 6.10 Å². The lowest BCUT2D eigenvalue weighted by Crippen LogP contribution is -2.42. The van der Waals surface area contributed by atoms with Crippen LogP contribution in [0.5, 0.6) is 5.75 Å². The van der Waals surface area contributed by atoms with Crippen LogP contribution in [0.15, 0.2) is 41.3 Å². The van der Waals surface area contributed by atoms with Crippen LogP contribution in [-0.4, -0.2) is 50.4 Å². The Balaban J connectivity index is 1.78. The molecule has 1 aliphatic rings. The normalized spacial score (nSPS) is 17.6. The SMILES string of the molecule is COc1ccc(C(=O)O[C@@H](C)C(=O)Nc2ccc(C)c(F)c2)cc1S(=O)(=O)N1CCCC[C@H]1C. The van der Waals surface area contributed by atoms with Gasteiger partial charge in [-0.05, 0) is 69.5 Å². The third kappa shape index (κ3) is 5.56. The van der Waals surface area contributed by atoms with Crippen LogP contribution in [0, 0.1) is 12.7 Å². The van der Waals surface area contributed by atoms with Crippen molar-refractivity contribution in [3.05, 3.63) is 53.3 Å². The molecule has 184 valence electrons. The Kier molecular flexibility index (Phi) is 7.93. The van der Waals surface area contributed by atoms with Crippen molar-refractivity contribution in [1.82, 2.24) is 4.31 Å². The van der Waals surface area contributed by atoms with Crippen LogP contribution in [0.25, 0.3) is 0 Å². The molecule has 1 amide bonds. The van der Waals surface area contributed by atoms with E-state index in [4.69, 9.17) is 9.47 Å². The molecule has 0 bridgehead atoms. The number of methoxy groups -OCH3 is 1. The van der Waals surface area contributed by atoms with E-state index < -0.39 is 33.8 Å². The Morgan fingerprint density at radius 1 is 1.18 bits per heavy atom. The van der Waals surface area contributed by atoms with E-state index in [0.717, 1.165) is 19.3 Å². The minimum Gasteiger partial charge on any atom is -0.495 e. The number of carbonyl (C=O) groups excluding carboxylic acids is 2. The molecule has 0 unspecified atom stereocenters. The lowest BCUT2D eigenvalue weighted by atomic mass is 10.1. The van der Waals surface area contributed by atoms with Crippen LogP contribution >= 0.6 is 0 Å². The van der Waals surface area contributed by atoms with E-state index in [2.05, 4.69) is 5.32 Å². The molecular formula is C24H29FN2O6S. The first-order valence-electron chi connectivity index (χ1n) is 11.0. The van der Waals surface area contributed by atoms with Crippen molar-refractivity contribution in [2.45, 2.75) is 57.1 Å². The van der Waals surface area contributed by atoms with Gasteiger partial charge in [-0.25, -0.2) is 17.6 Å². The molecule has 1 fully saturated rings. The van der Waals surface area contributed by atoms with Crippen molar-refractivity contribution in [2.75, 3.05) is 19.0 Å². The largest absolute Gasteiger partial charge is 0.495 e. The smallest absolute Gasteiger partial charge is 0.338 e. The maximum atomic E-state index is 13.7.